The van der Waals surface area contributed by atoms with E-state index in [-0.39, 0.29) is 48.1 Å². The Bertz CT molecular complexity index is 1050. The molecule has 1 amide bonds. The Labute approximate surface area is 187 Å². The van der Waals surface area contributed by atoms with Crippen molar-refractivity contribution in [1.29, 1.82) is 0 Å². The highest BCUT2D eigenvalue weighted by atomic mass is 35.5. The zero-order valence-electron chi connectivity index (χ0n) is 16.5. The third kappa shape index (κ3) is 6.33. The first kappa shape index (κ1) is 24.3. The van der Waals surface area contributed by atoms with E-state index in [4.69, 9.17) is 11.6 Å². The van der Waals surface area contributed by atoms with Crippen LogP contribution in [0.1, 0.15) is 18.4 Å². The summed E-state index contributed by atoms with van der Waals surface area (Å²) in [6, 6.07) is 8.63. The maximum absolute atomic E-state index is 13.9. The molecule has 0 unspecified atom stereocenters. The van der Waals surface area contributed by atoms with E-state index in [1.165, 1.54) is 28.6 Å². The number of ether oxygens (including phenoxy) is 1. The number of anilines is 1. The molecule has 6 nitrogen and oxygen atoms in total. The zero-order chi connectivity index (χ0) is 23.5. The van der Waals surface area contributed by atoms with Crippen molar-refractivity contribution in [2.45, 2.75) is 25.0 Å². The van der Waals surface area contributed by atoms with Gasteiger partial charge in [0.2, 0.25) is 15.9 Å². The van der Waals surface area contributed by atoms with E-state index >= 15 is 0 Å². The summed E-state index contributed by atoms with van der Waals surface area (Å²) < 4.78 is 80.9. The Morgan fingerprint density at radius 3 is 2.31 bits per heavy atom. The molecule has 0 aliphatic carbocycles. The monoisotopic (exact) mass is 494 g/mol. The van der Waals surface area contributed by atoms with Crippen LogP contribution in [-0.2, 0) is 20.6 Å². The van der Waals surface area contributed by atoms with Crippen LogP contribution in [0.25, 0.3) is 0 Å². The fourth-order valence-corrected chi connectivity index (χ4v) is 5.24. The lowest BCUT2D eigenvalue weighted by Gasteiger charge is -2.30. The van der Waals surface area contributed by atoms with E-state index in [1.807, 2.05) is 0 Å². The molecule has 0 spiro atoms. The summed E-state index contributed by atoms with van der Waals surface area (Å²) in [6.07, 6.45) is -4.33. The fraction of sp³-hybridized carbons (Fsp3) is 0.350. The average Bonchev–Trinajstić information content (AvgIpc) is 2.71. The minimum absolute atomic E-state index is 0.0227. The minimum atomic E-state index is -4.81. The second-order valence-electron chi connectivity index (χ2n) is 7.19. The minimum Gasteiger partial charge on any atom is -0.406 e. The molecule has 2 aromatic carbocycles. The van der Waals surface area contributed by atoms with Crippen molar-refractivity contribution in [3.05, 3.63) is 58.9 Å². The van der Waals surface area contributed by atoms with Gasteiger partial charge in [0.25, 0.3) is 0 Å². The van der Waals surface area contributed by atoms with Crippen molar-refractivity contribution in [1.82, 2.24) is 4.31 Å². The molecule has 0 radical (unpaired) electrons. The first-order valence-electron chi connectivity index (χ1n) is 9.52. The van der Waals surface area contributed by atoms with Crippen LogP contribution in [0.4, 0.5) is 23.2 Å². The summed E-state index contributed by atoms with van der Waals surface area (Å²) in [5, 5.41) is 2.62. The largest absolute Gasteiger partial charge is 0.573 e. The number of hydrogen-bond donors (Lipinski definition) is 1. The number of hydrogen-bond acceptors (Lipinski definition) is 4. The summed E-state index contributed by atoms with van der Waals surface area (Å²) in [4.78, 5) is 12.5. The number of nitrogens with one attached hydrogen (secondary N) is 1. The molecule has 0 aromatic heterocycles. The summed E-state index contributed by atoms with van der Waals surface area (Å²) in [5.41, 5.74) is 0.181. The predicted molar refractivity (Wildman–Crippen MR) is 110 cm³/mol. The smallest absolute Gasteiger partial charge is 0.406 e. The molecular weight excluding hydrogens is 476 g/mol. The van der Waals surface area contributed by atoms with Gasteiger partial charge in [-0.3, -0.25) is 4.79 Å². The van der Waals surface area contributed by atoms with Crippen LogP contribution in [-0.4, -0.2) is 38.1 Å². The molecule has 0 bridgehead atoms. The molecule has 1 N–H and O–H groups in total. The molecule has 2 aromatic rings. The van der Waals surface area contributed by atoms with E-state index in [0.29, 0.717) is 0 Å². The number of nitrogens with zero attached hydrogens (tertiary/aromatic N) is 1. The highest BCUT2D eigenvalue weighted by molar-refractivity contribution is 7.88. The maximum atomic E-state index is 13.9. The molecular formula is C20H19ClF4N2O4S. The third-order valence-electron chi connectivity index (χ3n) is 4.96. The Morgan fingerprint density at radius 2 is 1.75 bits per heavy atom. The zero-order valence-corrected chi connectivity index (χ0v) is 18.1. The van der Waals surface area contributed by atoms with Crippen molar-refractivity contribution >= 4 is 33.2 Å². The Kier molecular flexibility index (Phi) is 7.31. The summed E-state index contributed by atoms with van der Waals surface area (Å²) in [7, 11) is -3.84. The van der Waals surface area contributed by atoms with Crippen molar-refractivity contribution in [2.24, 2.45) is 5.92 Å². The number of alkyl halides is 3. The van der Waals surface area contributed by atoms with Crippen molar-refractivity contribution in [3.8, 4) is 5.75 Å². The molecule has 1 heterocycles. The van der Waals surface area contributed by atoms with Crippen LogP contribution in [0.2, 0.25) is 5.02 Å². The summed E-state index contributed by atoms with van der Waals surface area (Å²) in [5.74, 6) is -2.55. The fourth-order valence-electron chi connectivity index (χ4n) is 3.32. The molecule has 1 aliphatic rings. The first-order valence-corrected chi connectivity index (χ1v) is 11.5. The lowest BCUT2D eigenvalue weighted by atomic mass is 9.97. The van der Waals surface area contributed by atoms with Crippen LogP contribution in [0.15, 0.2) is 42.5 Å². The Balaban J connectivity index is 1.55. The molecule has 1 aliphatic heterocycles. The molecule has 0 atom stereocenters. The van der Waals surface area contributed by atoms with Gasteiger partial charge in [-0.15, -0.1) is 13.2 Å². The van der Waals surface area contributed by atoms with Gasteiger partial charge in [0.1, 0.15) is 11.6 Å². The number of amides is 1. The maximum Gasteiger partial charge on any atom is 0.573 e. The molecule has 1 fully saturated rings. The highest BCUT2D eigenvalue weighted by Gasteiger charge is 2.33. The van der Waals surface area contributed by atoms with Gasteiger partial charge in [-0.1, -0.05) is 17.7 Å². The molecule has 174 valence electrons. The van der Waals surface area contributed by atoms with E-state index in [2.05, 4.69) is 10.1 Å². The van der Waals surface area contributed by atoms with Gasteiger partial charge in [0.05, 0.1) is 5.75 Å². The van der Waals surface area contributed by atoms with Crippen molar-refractivity contribution in [3.63, 3.8) is 0 Å². The number of carbonyl (C=O) groups is 1. The van der Waals surface area contributed by atoms with E-state index < -0.39 is 39.6 Å². The SMILES string of the molecule is O=C(Nc1ccc(OC(F)(F)F)cc1)C1CCN(S(=O)(=O)Cc2c(F)cccc2Cl)CC1. The van der Waals surface area contributed by atoms with Gasteiger partial charge in [-0.25, -0.2) is 17.1 Å². The van der Waals surface area contributed by atoms with Gasteiger partial charge in [-0.2, -0.15) is 0 Å². The van der Waals surface area contributed by atoms with Crippen LogP contribution < -0.4 is 10.1 Å². The van der Waals surface area contributed by atoms with E-state index in [0.717, 1.165) is 18.2 Å². The summed E-state index contributed by atoms with van der Waals surface area (Å²) >= 11 is 5.92. The lowest BCUT2D eigenvalue weighted by Crippen LogP contribution is -2.42. The first-order chi connectivity index (χ1) is 14.9. The normalized spacial score (nSPS) is 16.0. The van der Waals surface area contributed by atoms with Gasteiger partial charge in [-0.05, 0) is 49.2 Å². The topological polar surface area (TPSA) is 75.7 Å². The molecule has 0 saturated carbocycles. The predicted octanol–water partition coefficient (Wildman–Crippen LogP) is 4.56. The van der Waals surface area contributed by atoms with E-state index in [9.17, 15) is 30.8 Å². The lowest BCUT2D eigenvalue weighted by molar-refractivity contribution is -0.274. The van der Waals surface area contributed by atoms with Crippen LogP contribution in [0.3, 0.4) is 0 Å². The van der Waals surface area contributed by atoms with Crippen LogP contribution in [0, 0.1) is 11.7 Å². The quantitative estimate of drug-likeness (QED) is 0.597. The van der Waals surface area contributed by atoms with E-state index in [1.54, 1.807) is 0 Å². The Hall–Kier alpha value is -2.37. The number of benzene rings is 2. The molecule has 3 rings (SSSR count). The molecule has 32 heavy (non-hydrogen) atoms. The number of halogens is 5. The standard InChI is InChI=1S/C20H19ClF4N2O4S/c21-17-2-1-3-18(22)16(17)12-32(29,30)27-10-8-13(9-11-27)19(28)26-14-4-6-15(7-5-14)31-20(23,24)25/h1-7,13H,8-12H2,(H,26,28). The third-order valence-corrected chi connectivity index (χ3v) is 7.12. The second kappa shape index (κ2) is 9.63. The number of sulfonamides is 1. The van der Waals surface area contributed by atoms with Gasteiger partial charge in [0.15, 0.2) is 0 Å². The van der Waals surface area contributed by atoms with Crippen LogP contribution in [0.5, 0.6) is 5.75 Å². The number of carbonyl (C=O) groups excluding carboxylic acids is 1. The number of rotatable bonds is 6. The van der Waals surface area contributed by atoms with Gasteiger partial charge in [0, 0.05) is 35.3 Å². The van der Waals surface area contributed by atoms with Gasteiger partial charge < -0.3 is 10.1 Å². The summed E-state index contributed by atoms with van der Waals surface area (Å²) in [6.45, 7) is 0.149. The van der Waals surface area contributed by atoms with Gasteiger partial charge >= 0.3 is 6.36 Å². The molecule has 12 heteroatoms. The second-order valence-corrected chi connectivity index (χ2v) is 9.57. The van der Waals surface area contributed by atoms with Crippen LogP contribution >= 0.6 is 11.6 Å². The number of piperidine rings is 1. The van der Waals surface area contributed by atoms with Crippen molar-refractivity contribution < 1.29 is 35.5 Å². The average molecular weight is 495 g/mol. The highest BCUT2D eigenvalue weighted by Crippen LogP contribution is 2.27. The van der Waals surface area contributed by atoms with Crippen molar-refractivity contribution in [2.75, 3.05) is 18.4 Å². The Morgan fingerprint density at radius 1 is 1.12 bits per heavy atom. The molecule has 1 saturated heterocycles.